The van der Waals surface area contributed by atoms with Crippen molar-refractivity contribution in [3.8, 4) is 17.2 Å². The van der Waals surface area contributed by atoms with E-state index >= 15 is 0 Å². The predicted molar refractivity (Wildman–Crippen MR) is 125 cm³/mol. The zero-order valence-electron chi connectivity index (χ0n) is 19.6. The summed E-state index contributed by atoms with van der Waals surface area (Å²) in [6.45, 7) is 1.11. The van der Waals surface area contributed by atoms with Crippen molar-refractivity contribution in [1.82, 2.24) is 9.80 Å². The van der Waals surface area contributed by atoms with Crippen LogP contribution in [0.3, 0.4) is 0 Å². The molecule has 176 valence electrons. The number of rotatable bonds is 9. The summed E-state index contributed by atoms with van der Waals surface area (Å²) < 4.78 is 16.0. The minimum absolute atomic E-state index is 0.0327. The van der Waals surface area contributed by atoms with Crippen molar-refractivity contribution >= 4 is 17.4 Å². The Kier molecular flexibility index (Phi) is 7.60. The zero-order valence-corrected chi connectivity index (χ0v) is 19.6. The van der Waals surface area contributed by atoms with Crippen LogP contribution in [-0.2, 0) is 9.59 Å². The summed E-state index contributed by atoms with van der Waals surface area (Å²) >= 11 is 0. The highest BCUT2D eigenvalue weighted by atomic mass is 16.5. The fourth-order valence-electron chi connectivity index (χ4n) is 3.96. The summed E-state index contributed by atoms with van der Waals surface area (Å²) in [5.41, 5.74) is 1.07. The number of amides is 1. The summed E-state index contributed by atoms with van der Waals surface area (Å²) in [5, 5.41) is 11.2. The van der Waals surface area contributed by atoms with Crippen LogP contribution in [0.5, 0.6) is 17.2 Å². The maximum absolute atomic E-state index is 13.1. The van der Waals surface area contributed by atoms with E-state index in [-0.39, 0.29) is 11.3 Å². The SMILES string of the molecule is COc1cccc(/C(O)=C2/C(=O)C(=O)N(CCCN(C)C)C2c2ccc(OC)c(OC)c2)c1. The van der Waals surface area contributed by atoms with E-state index < -0.39 is 17.7 Å². The van der Waals surface area contributed by atoms with Crippen molar-refractivity contribution in [1.29, 1.82) is 0 Å². The number of aliphatic hydroxyl groups is 1. The lowest BCUT2D eigenvalue weighted by atomic mass is 9.95. The summed E-state index contributed by atoms with van der Waals surface area (Å²) in [7, 11) is 8.47. The van der Waals surface area contributed by atoms with Crippen LogP contribution in [0.4, 0.5) is 0 Å². The number of methoxy groups -OCH3 is 3. The second-order valence-electron chi connectivity index (χ2n) is 8.00. The van der Waals surface area contributed by atoms with E-state index in [0.29, 0.717) is 41.3 Å². The molecule has 2 aromatic carbocycles. The first kappa shape index (κ1) is 24.1. The van der Waals surface area contributed by atoms with E-state index in [1.807, 2.05) is 19.0 Å². The molecule has 1 fully saturated rings. The normalized spacial score (nSPS) is 17.5. The van der Waals surface area contributed by atoms with Gasteiger partial charge in [0.1, 0.15) is 11.5 Å². The molecule has 0 radical (unpaired) electrons. The van der Waals surface area contributed by atoms with Crippen LogP contribution in [0.1, 0.15) is 23.6 Å². The molecule has 0 aromatic heterocycles. The average Bonchev–Trinajstić information content (AvgIpc) is 3.07. The lowest BCUT2D eigenvalue weighted by Gasteiger charge is -2.26. The zero-order chi connectivity index (χ0) is 24.1. The monoisotopic (exact) mass is 454 g/mol. The molecule has 33 heavy (non-hydrogen) atoms. The number of ether oxygens (including phenoxy) is 3. The number of aliphatic hydroxyl groups excluding tert-OH is 1. The first-order valence-electron chi connectivity index (χ1n) is 10.6. The lowest BCUT2D eigenvalue weighted by Crippen LogP contribution is -2.32. The highest BCUT2D eigenvalue weighted by Crippen LogP contribution is 2.42. The molecule has 1 heterocycles. The number of hydrogen-bond donors (Lipinski definition) is 1. The highest BCUT2D eigenvalue weighted by molar-refractivity contribution is 6.46. The summed E-state index contributed by atoms with van der Waals surface area (Å²) in [5.74, 6) is -0.0871. The summed E-state index contributed by atoms with van der Waals surface area (Å²) in [6.07, 6.45) is 0.670. The van der Waals surface area contributed by atoms with Crippen molar-refractivity contribution in [3.05, 3.63) is 59.2 Å². The topological polar surface area (TPSA) is 88.5 Å². The van der Waals surface area contributed by atoms with Gasteiger partial charge in [-0.3, -0.25) is 9.59 Å². The standard InChI is InChI=1S/C25H30N2O6/c1-26(2)12-7-13-27-22(16-10-11-19(32-4)20(15-16)33-5)21(24(29)25(27)30)23(28)17-8-6-9-18(14-17)31-3/h6,8-11,14-15,22,28H,7,12-13H2,1-5H3/b23-21-. The van der Waals surface area contributed by atoms with Crippen molar-refractivity contribution in [2.75, 3.05) is 48.5 Å². The lowest BCUT2D eigenvalue weighted by molar-refractivity contribution is -0.139. The van der Waals surface area contributed by atoms with Gasteiger partial charge < -0.3 is 29.1 Å². The van der Waals surface area contributed by atoms with E-state index in [1.54, 1.807) is 42.5 Å². The van der Waals surface area contributed by atoms with Gasteiger partial charge in [0.15, 0.2) is 11.5 Å². The van der Waals surface area contributed by atoms with Crippen molar-refractivity contribution in [3.63, 3.8) is 0 Å². The number of likely N-dealkylation sites (tertiary alicyclic amines) is 1. The molecule has 1 unspecified atom stereocenters. The number of ketones is 1. The Bertz CT molecular complexity index is 1060. The van der Waals surface area contributed by atoms with E-state index in [9.17, 15) is 14.7 Å². The van der Waals surface area contributed by atoms with E-state index in [1.165, 1.54) is 26.2 Å². The molecule has 1 N–H and O–H groups in total. The molecule has 0 aliphatic carbocycles. The van der Waals surface area contributed by atoms with Gasteiger partial charge in [-0.25, -0.2) is 0 Å². The third-order valence-corrected chi connectivity index (χ3v) is 5.61. The van der Waals surface area contributed by atoms with E-state index in [4.69, 9.17) is 14.2 Å². The number of benzene rings is 2. The smallest absolute Gasteiger partial charge is 0.295 e. The second-order valence-corrected chi connectivity index (χ2v) is 8.00. The molecule has 0 bridgehead atoms. The molecule has 8 heteroatoms. The van der Waals surface area contributed by atoms with Gasteiger partial charge in [-0.2, -0.15) is 0 Å². The van der Waals surface area contributed by atoms with E-state index in [0.717, 1.165) is 6.54 Å². The van der Waals surface area contributed by atoms with Gasteiger partial charge in [-0.1, -0.05) is 18.2 Å². The van der Waals surface area contributed by atoms with Gasteiger partial charge in [0.2, 0.25) is 0 Å². The quantitative estimate of drug-likeness (QED) is 0.354. The number of hydrogen-bond acceptors (Lipinski definition) is 7. The Balaban J connectivity index is 2.15. The molecule has 1 saturated heterocycles. The van der Waals surface area contributed by atoms with Crippen LogP contribution in [0, 0.1) is 0 Å². The highest BCUT2D eigenvalue weighted by Gasteiger charge is 2.46. The first-order chi connectivity index (χ1) is 15.8. The average molecular weight is 455 g/mol. The van der Waals surface area contributed by atoms with Crippen molar-refractivity contribution in [2.24, 2.45) is 0 Å². The number of Topliss-reactive ketones (excluding diaryl/α,β-unsaturated/α-hetero) is 1. The van der Waals surface area contributed by atoms with Gasteiger partial charge in [0.05, 0.1) is 32.9 Å². The predicted octanol–water partition coefficient (Wildman–Crippen LogP) is 3.09. The minimum atomic E-state index is -0.766. The molecule has 0 saturated carbocycles. The van der Waals surface area contributed by atoms with Gasteiger partial charge in [-0.15, -0.1) is 0 Å². The van der Waals surface area contributed by atoms with Crippen LogP contribution in [0.2, 0.25) is 0 Å². The number of carbonyl (C=O) groups excluding carboxylic acids is 2. The molecule has 0 spiro atoms. The maximum atomic E-state index is 13.1. The van der Waals surface area contributed by atoms with Crippen LogP contribution < -0.4 is 14.2 Å². The molecule has 1 atom stereocenters. The molecule has 1 aliphatic rings. The van der Waals surface area contributed by atoms with Crippen LogP contribution in [0.25, 0.3) is 5.76 Å². The molecule has 1 amide bonds. The van der Waals surface area contributed by atoms with Crippen LogP contribution >= 0.6 is 0 Å². The number of nitrogens with zero attached hydrogens (tertiary/aromatic N) is 2. The molecule has 3 rings (SSSR count). The molecule has 8 nitrogen and oxygen atoms in total. The fourth-order valence-corrected chi connectivity index (χ4v) is 3.96. The van der Waals surface area contributed by atoms with Gasteiger partial charge in [-0.05, 0) is 56.9 Å². The van der Waals surface area contributed by atoms with Gasteiger partial charge in [0, 0.05) is 12.1 Å². The van der Waals surface area contributed by atoms with Crippen molar-refractivity contribution < 1.29 is 28.9 Å². The second kappa shape index (κ2) is 10.4. The van der Waals surface area contributed by atoms with Gasteiger partial charge in [0.25, 0.3) is 11.7 Å². The first-order valence-corrected chi connectivity index (χ1v) is 10.6. The van der Waals surface area contributed by atoms with Crippen molar-refractivity contribution in [2.45, 2.75) is 12.5 Å². The van der Waals surface area contributed by atoms with Crippen LogP contribution in [0.15, 0.2) is 48.0 Å². The molecule has 1 aliphatic heterocycles. The molecular formula is C25H30N2O6. The molecule has 2 aromatic rings. The summed E-state index contributed by atoms with van der Waals surface area (Å²) in [4.78, 5) is 29.7. The Morgan fingerprint density at radius 2 is 1.73 bits per heavy atom. The Morgan fingerprint density at radius 1 is 1.00 bits per heavy atom. The fraction of sp³-hybridized carbons (Fsp3) is 0.360. The number of carbonyl (C=O) groups is 2. The Hall–Kier alpha value is -3.52. The van der Waals surface area contributed by atoms with Crippen LogP contribution in [-0.4, -0.2) is 75.1 Å². The van der Waals surface area contributed by atoms with E-state index in [2.05, 4.69) is 0 Å². The third-order valence-electron chi connectivity index (χ3n) is 5.61. The maximum Gasteiger partial charge on any atom is 0.295 e. The largest absolute Gasteiger partial charge is 0.507 e. The van der Waals surface area contributed by atoms with Gasteiger partial charge >= 0.3 is 0 Å². The third kappa shape index (κ3) is 4.96. The minimum Gasteiger partial charge on any atom is -0.507 e. The Morgan fingerprint density at radius 3 is 2.36 bits per heavy atom. The molecular weight excluding hydrogens is 424 g/mol. The Labute approximate surface area is 194 Å². The summed E-state index contributed by atoms with van der Waals surface area (Å²) in [6, 6.07) is 11.2.